The predicted molar refractivity (Wildman–Crippen MR) is 79.4 cm³/mol. The summed E-state index contributed by atoms with van der Waals surface area (Å²) >= 11 is 0. The molecule has 1 aromatic rings. The second kappa shape index (κ2) is 5.92. The van der Waals surface area contributed by atoms with Gasteiger partial charge in [-0.05, 0) is 12.8 Å². The van der Waals surface area contributed by atoms with Crippen LogP contribution in [0.2, 0.25) is 0 Å². The molecule has 7 nitrogen and oxygen atoms in total. The molecule has 1 aromatic heterocycles. The molecule has 0 bridgehead atoms. The quantitative estimate of drug-likeness (QED) is 0.866. The Morgan fingerprint density at radius 2 is 1.95 bits per heavy atom. The van der Waals surface area contributed by atoms with Crippen LogP contribution in [0.15, 0.2) is 12.4 Å². The Balaban J connectivity index is 1.94. The zero-order chi connectivity index (χ0) is 14.8. The van der Waals surface area contributed by atoms with Gasteiger partial charge in [0.2, 0.25) is 10.0 Å². The lowest BCUT2D eigenvalue weighted by Crippen LogP contribution is -2.41. The molecule has 1 fully saturated rings. The van der Waals surface area contributed by atoms with Crippen LogP contribution in [0.5, 0.6) is 0 Å². The van der Waals surface area contributed by atoms with Gasteiger partial charge in [0.1, 0.15) is 18.0 Å². The molecule has 1 aliphatic heterocycles. The van der Waals surface area contributed by atoms with Gasteiger partial charge in [0.25, 0.3) is 0 Å². The van der Waals surface area contributed by atoms with Gasteiger partial charge in [0.05, 0.1) is 6.26 Å². The standard InChI is InChI=1S/C12H21N5O2S/c1-16(2)12-8-11(13-9-14-12)15-10-4-6-17(7-5-10)20(3,18)19/h8-10H,4-7H2,1-3H3,(H,13,14,15). The van der Waals surface area contributed by atoms with Gasteiger partial charge in [0.15, 0.2) is 0 Å². The van der Waals surface area contributed by atoms with Crippen molar-refractivity contribution in [3.05, 3.63) is 12.4 Å². The first kappa shape index (κ1) is 15.0. The third-order valence-corrected chi connectivity index (χ3v) is 4.69. The van der Waals surface area contributed by atoms with Gasteiger partial charge < -0.3 is 10.2 Å². The van der Waals surface area contributed by atoms with Crippen LogP contribution < -0.4 is 10.2 Å². The predicted octanol–water partition coefficient (Wildman–Crippen LogP) is 0.379. The Morgan fingerprint density at radius 3 is 2.50 bits per heavy atom. The minimum Gasteiger partial charge on any atom is -0.367 e. The van der Waals surface area contributed by atoms with Crippen LogP contribution >= 0.6 is 0 Å². The minimum atomic E-state index is -3.07. The molecule has 1 aliphatic rings. The number of nitrogens with zero attached hydrogens (tertiary/aromatic N) is 4. The lowest BCUT2D eigenvalue weighted by atomic mass is 10.1. The van der Waals surface area contributed by atoms with Crippen molar-refractivity contribution < 1.29 is 8.42 Å². The maximum atomic E-state index is 11.5. The Kier molecular flexibility index (Phi) is 4.44. The highest BCUT2D eigenvalue weighted by Gasteiger charge is 2.24. The number of nitrogens with one attached hydrogen (secondary N) is 1. The lowest BCUT2D eigenvalue weighted by Gasteiger charge is -2.31. The molecule has 0 aromatic carbocycles. The van der Waals surface area contributed by atoms with E-state index in [9.17, 15) is 8.42 Å². The maximum Gasteiger partial charge on any atom is 0.211 e. The second-order valence-electron chi connectivity index (χ2n) is 5.24. The monoisotopic (exact) mass is 299 g/mol. The summed E-state index contributed by atoms with van der Waals surface area (Å²) in [4.78, 5) is 10.3. The van der Waals surface area contributed by atoms with Crippen molar-refractivity contribution in [3.8, 4) is 0 Å². The summed E-state index contributed by atoms with van der Waals surface area (Å²) in [5, 5.41) is 3.35. The van der Waals surface area contributed by atoms with Crippen LogP contribution in [0.3, 0.4) is 0 Å². The third kappa shape index (κ3) is 3.80. The molecule has 20 heavy (non-hydrogen) atoms. The first-order valence-corrected chi connectivity index (χ1v) is 8.42. The summed E-state index contributed by atoms with van der Waals surface area (Å²) in [6, 6.07) is 2.14. The van der Waals surface area contributed by atoms with E-state index in [1.165, 1.54) is 16.9 Å². The SMILES string of the molecule is CN(C)c1cc(NC2CCN(S(C)(=O)=O)CC2)ncn1. The van der Waals surface area contributed by atoms with E-state index in [0.717, 1.165) is 24.5 Å². The van der Waals surface area contributed by atoms with Gasteiger partial charge in [-0.3, -0.25) is 0 Å². The summed E-state index contributed by atoms with van der Waals surface area (Å²) in [6.45, 7) is 1.12. The molecule has 8 heteroatoms. The second-order valence-corrected chi connectivity index (χ2v) is 7.22. The Bertz CT molecular complexity index is 553. The van der Waals surface area contributed by atoms with E-state index < -0.39 is 10.0 Å². The number of aromatic nitrogens is 2. The van der Waals surface area contributed by atoms with Crippen LogP contribution in [0, 0.1) is 0 Å². The number of rotatable bonds is 4. The van der Waals surface area contributed by atoms with Gasteiger partial charge in [-0.1, -0.05) is 0 Å². The highest BCUT2D eigenvalue weighted by atomic mass is 32.2. The van der Waals surface area contributed by atoms with E-state index in [2.05, 4.69) is 15.3 Å². The number of hydrogen-bond donors (Lipinski definition) is 1. The van der Waals surface area contributed by atoms with Crippen LogP contribution in [-0.4, -0.2) is 62.2 Å². The molecule has 2 rings (SSSR count). The normalized spacial score (nSPS) is 17.9. The molecule has 0 radical (unpaired) electrons. The first-order valence-electron chi connectivity index (χ1n) is 6.57. The van der Waals surface area contributed by atoms with Gasteiger partial charge in [-0.2, -0.15) is 0 Å². The summed E-state index contributed by atoms with van der Waals surface area (Å²) in [7, 11) is 0.788. The maximum absolute atomic E-state index is 11.5. The topological polar surface area (TPSA) is 78.4 Å². The summed E-state index contributed by atoms with van der Waals surface area (Å²) in [5.41, 5.74) is 0. The van der Waals surface area contributed by atoms with E-state index in [4.69, 9.17) is 0 Å². The molecule has 0 aliphatic carbocycles. The molecular weight excluding hydrogens is 278 g/mol. The first-order chi connectivity index (χ1) is 9.36. The fourth-order valence-corrected chi connectivity index (χ4v) is 3.09. The van der Waals surface area contributed by atoms with Gasteiger partial charge in [-0.15, -0.1) is 0 Å². The van der Waals surface area contributed by atoms with E-state index >= 15 is 0 Å². The van der Waals surface area contributed by atoms with Crippen molar-refractivity contribution in [1.29, 1.82) is 0 Å². The van der Waals surface area contributed by atoms with Crippen LogP contribution in [0.4, 0.5) is 11.6 Å². The number of hydrogen-bond acceptors (Lipinski definition) is 6. The Hall–Kier alpha value is -1.41. The van der Waals surface area contributed by atoms with E-state index in [1.807, 2.05) is 25.1 Å². The van der Waals surface area contributed by atoms with Crippen molar-refractivity contribution in [1.82, 2.24) is 14.3 Å². The van der Waals surface area contributed by atoms with Crippen LogP contribution in [-0.2, 0) is 10.0 Å². The van der Waals surface area contributed by atoms with E-state index in [1.54, 1.807) is 0 Å². The summed E-state index contributed by atoms with van der Waals surface area (Å²) < 4.78 is 24.4. The smallest absolute Gasteiger partial charge is 0.211 e. The lowest BCUT2D eigenvalue weighted by molar-refractivity contribution is 0.331. The average Bonchev–Trinajstić information content (AvgIpc) is 2.38. The fourth-order valence-electron chi connectivity index (χ4n) is 2.21. The molecule has 2 heterocycles. The van der Waals surface area contributed by atoms with Crippen molar-refractivity contribution in [3.63, 3.8) is 0 Å². The van der Waals surface area contributed by atoms with Crippen molar-refractivity contribution in [2.75, 3.05) is 43.7 Å². The highest BCUT2D eigenvalue weighted by Crippen LogP contribution is 2.18. The fraction of sp³-hybridized carbons (Fsp3) is 0.667. The van der Waals surface area contributed by atoms with Crippen molar-refractivity contribution in [2.24, 2.45) is 0 Å². The molecule has 112 valence electrons. The van der Waals surface area contributed by atoms with Crippen molar-refractivity contribution >= 4 is 21.7 Å². The molecule has 0 spiro atoms. The van der Waals surface area contributed by atoms with E-state index in [-0.39, 0.29) is 6.04 Å². The summed E-state index contributed by atoms with van der Waals surface area (Å²) in [6.07, 6.45) is 4.36. The Labute approximate surface area is 120 Å². The zero-order valence-electron chi connectivity index (χ0n) is 12.1. The molecule has 0 saturated carbocycles. The number of piperidine rings is 1. The van der Waals surface area contributed by atoms with Crippen LogP contribution in [0.1, 0.15) is 12.8 Å². The van der Waals surface area contributed by atoms with Gasteiger partial charge in [-0.25, -0.2) is 22.7 Å². The van der Waals surface area contributed by atoms with Gasteiger partial charge in [0, 0.05) is 39.3 Å². The number of sulfonamides is 1. The molecule has 0 atom stereocenters. The Morgan fingerprint density at radius 1 is 1.30 bits per heavy atom. The summed E-state index contributed by atoms with van der Waals surface area (Å²) in [5.74, 6) is 1.62. The molecule has 1 N–H and O–H groups in total. The molecule has 1 saturated heterocycles. The zero-order valence-corrected chi connectivity index (χ0v) is 12.9. The molecule has 0 amide bonds. The average molecular weight is 299 g/mol. The third-order valence-electron chi connectivity index (χ3n) is 3.39. The number of anilines is 2. The molecule has 0 unspecified atom stereocenters. The van der Waals surface area contributed by atoms with E-state index in [0.29, 0.717) is 13.1 Å². The molecular formula is C12H21N5O2S. The van der Waals surface area contributed by atoms with Crippen LogP contribution in [0.25, 0.3) is 0 Å². The largest absolute Gasteiger partial charge is 0.367 e. The highest BCUT2D eigenvalue weighted by molar-refractivity contribution is 7.88. The van der Waals surface area contributed by atoms with Crippen molar-refractivity contribution in [2.45, 2.75) is 18.9 Å². The van der Waals surface area contributed by atoms with Gasteiger partial charge >= 0.3 is 0 Å². The minimum absolute atomic E-state index is 0.248.